The van der Waals surface area contributed by atoms with Crippen molar-refractivity contribution in [2.45, 2.75) is 51.5 Å². The summed E-state index contributed by atoms with van der Waals surface area (Å²) in [6.45, 7) is 5.50. The van der Waals surface area contributed by atoms with Crippen molar-refractivity contribution < 1.29 is 9.13 Å². The molecule has 0 saturated carbocycles. The molecule has 0 aromatic heterocycles. The van der Waals surface area contributed by atoms with Crippen LogP contribution in [0.25, 0.3) is 0 Å². The molecule has 0 radical (unpaired) electrons. The predicted octanol–water partition coefficient (Wildman–Crippen LogP) is 3.94. The van der Waals surface area contributed by atoms with Crippen LogP contribution < -0.4 is 10.1 Å². The van der Waals surface area contributed by atoms with Crippen LogP contribution in [0.4, 0.5) is 4.39 Å². The smallest absolute Gasteiger partial charge is 0.168 e. The molecule has 1 heterocycles. The van der Waals surface area contributed by atoms with Crippen LogP contribution in [0.3, 0.4) is 0 Å². The van der Waals surface area contributed by atoms with Gasteiger partial charge in [-0.2, -0.15) is 0 Å². The van der Waals surface area contributed by atoms with E-state index in [1.807, 2.05) is 12.1 Å². The number of ether oxygens (including phenoxy) is 1. The molecule has 1 aromatic rings. The fraction of sp³-hybridized carbons (Fsp3) is 0.647. The van der Waals surface area contributed by atoms with Crippen molar-refractivity contribution in [2.75, 3.05) is 13.7 Å². The second kappa shape index (κ2) is 6.57. The van der Waals surface area contributed by atoms with Crippen molar-refractivity contribution in [2.24, 2.45) is 5.92 Å². The van der Waals surface area contributed by atoms with Gasteiger partial charge in [-0.05, 0) is 43.4 Å². The highest BCUT2D eigenvalue weighted by atomic mass is 19.1. The van der Waals surface area contributed by atoms with Crippen LogP contribution in [0, 0.1) is 11.7 Å². The van der Waals surface area contributed by atoms with Gasteiger partial charge in [-0.3, -0.25) is 0 Å². The lowest BCUT2D eigenvalue weighted by Crippen LogP contribution is -2.51. The number of benzene rings is 1. The number of methoxy groups -OCH3 is 1. The summed E-state index contributed by atoms with van der Waals surface area (Å²) in [5, 5.41) is 3.70. The Balaban J connectivity index is 2.28. The Bertz CT molecular complexity index is 437. The Labute approximate surface area is 121 Å². The Morgan fingerprint density at radius 2 is 2.10 bits per heavy atom. The van der Waals surface area contributed by atoms with Gasteiger partial charge in [0.1, 0.15) is 0 Å². The minimum absolute atomic E-state index is 0.00368. The molecule has 1 N–H and O–H groups in total. The zero-order valence-corrected chi connectivity index (χ0v) is 12.8. The van der Waals surface area contributed by atoms with Crippen LogP contribution >= 0.6 is 0 Å². The Morgan fingerprint density at radius 3 is 2.80 bits per heavy atom. The first-order valence-corrected chi connectivity index (χ1v) is 7.65. The molecule has 2 nitrogen and oxygen atoms in total. The predicted molar refractivity (Wildman–Crippen MR) is 80.7 cm³/mol. The van der Waals surface area contributed by atoms with Crippen LogP contribution in [0.2, 0.25) is 0 Å². The topological polar surface area (TPSA) is 21.3 Å². The van der Waals surface area contributed by atoms with E-state index >= 15 is 0 Å². The van der Waals surface area contributed by atoms with Crippen molar-refractivity contribution in [3.63, 3.8) is 0 Å². The SMILES string of the molecule is COc1cccc(CC2(C(C)C)CCCCCN2)c1F. The highest BCUT2D eigenvalue weighted by Crippen LogP contribution is 2.32. The zero-order chi connectivity index (χ0) is 14.6. The normalized spacial score (nSPS) is 23.6. The van der Waals surface area contributed by atoms with Gasteiger partial charge in [-0.15, -0.1) is 0 Å². The lowest BCUT2D eigenvalue weighted by Gasteiger charge is -2.38. The van der Waals surface area contributed by atoms with Gasteiger partial charge in [0.25, 0.3) is 0 Å². The van der Waals surface area contributed by atoms with Gasteiger partial charge in [0.05, 0.1) is 7.11 Å². The number of nitrogens with one attached hydrogen (secondary N) is 1. The third-order valence-electron chi connectivity index (χ3n) is 4.65. The molecule has 1 unspecified atom stereocenters. The zero-order valence-electron chi connectivity index (χ0n) is 12.8. The summed E-state index contributed by atoms with van der Waals surface area (Å²) in [7, 11) is 1.52. The molecular weight excluding hydrogens is 253 g/mol. The fourth-order valence-electron chi connectivity index (χ4n) is 3.21. The molecule has 0 bridgehead atoms. The van der Waals surface area contributed by atoms with Gasteiger partial charge in [0, 0.05) is 5.54 Å². The molecule has 1 saturated heterocycles. The summed E-state index contributed by atoms with van der Waals surface area (Å²) < 4.78 is 19.5. The lowest BCUT2D eigenvalue weighted by atomic mass is 9.77. The summed E-state index contributed by atoms with van der Waals surface area (Å²) in [6, 6.07) is 5.44. The average Bonchev–Trinajstić information content (AvgIpc) is 2.68. The maximum absolute atomic E-state index is 14.4. The van der Waals surface area contributed by atoms with E-state index in [4.69, 9.17) is 4.74 Å². The van der Waals surface area contributed by atoms with E-state index in [0.29, 0.717) is 11.7 Å². The largest absolute Gasteiger partial charge is 0.494 e. The Morgan fingerprint density at radius 1 is 1.30 bits per heavy atom. The number of hydrogen-bond acceptors (Lipinski definition) is 2. The van der Waals surface area contributed by atoms with Crippen LogP contribution in [0.5, 0.6) is 5.75 Å². The molecule has 112 valence electrons. The molecule has 1 fully saturated rings. The van der Waals surface area contributed by atoms with Crippen LogP contribution in [0.15, 0.2) is 18.2 Å². The second-order valence-corrected chi connectivity index (χ2v) is 6.16. The maximum atomic E-state index is 14.4. The van der Waals surface area contributed by atoms with Gasteiger partial charge in [-0.1, -0.05) is 38.8 Å². The van der Waals surface area contributed by atoms with Crippen LogP contribution in [-0.4, -0.2) is 19.2 Å². The van der Waals surface area contributed by atoms with Gasteiger partial charge in [0.15, 0.2) is 11.6 Å². The van der Waals surface area contributed by atoms with Crippen LogP contribution in [0.1, 0.15) is 45.1 Å². The maximum Gasteiger partial charge on any atom is 0.168 e. The van der Waals surface area contributed by atoms with E-state index in [1.165, 1.54) is 26.4 Å². The minimum Gasteiger partial charge on any atom is -0.494 e. The molecule has 2 rings (SSSR count). The Kier molecular flexibility index (Phi) is 5.03. The van der Waals surface area contributed by atoms with E-state index < -0.39 is 0 Å². The molecule has 1 aromatic carbocycles. The van der Waals surface area contributed by atoms with Crippen molar-refractivity contribution in [3.8, 4) is 5.75 Å². The summed E-state index contributed by atoms with van der Waals surface area (Å²) in [5.41, 5.74) is 0.761. The third-order valence-corrected chi connectivity index (χ3v) is 4.65. The first kappa shape index (κ1) is 15.3. The number of halogens is 1. The van der Waals surface area contributed by atoms with Crippen LogP contribution in [-0.2, 0) is 6.42 Å². The molecule has 0 amide bonds. The summed E-state index contributed by atoms with van der Waals surface area (Å²) in [6.07, 6.45) is 5.54. The van der Waals surface area contributed by atoms with Crippen molar-refractivity contribution >= 4 is 0 Å². The first-order chi connectivity index (χ1) is 9.59. The molecule has 1 atom stereocenters. The number of rotatable bonds is 4. The van der Waals surface area contributed by atoms with E-state index in [2.05, 4.69) is 19.2 Å². The van der Waals surface area contributed by atoms with Crippen molar-refractivity contribution in [3.05, 3.63) is 29.6 Å². The summed E-state index contributed by atoms with van der Waals surface area (Å²) in [4.78, 5) is 0. The van der Waals surface area contributed by atoms with Gasteiger partial charge < -0.3 is 10.1 Å². The number of hydrogen-bond donors (Lipinski definition) is 1. The average molecular weight is 279 g/mol. The molecule has 0 spiro atoms. The highest BCUT2D eigenvalue weighted by Gasteiger charge is 2.35. The van der Waals surface area contributed by atoms with E-state index in [-0.39, 0.29) is 11.4 Å². The molecule has 3 heteroatoms. The van der Waals surface area contributed by atoms with Gasteiger partial charge in [-0.25, -0.2) is 4.39 Å². The summed E-state index contributed by atoms with van der Waals surface area (Å²) >= 11 is 0. The van der Waals surface area contributed by atoms with E-state index in [0.717, 1.165) is 24.9 Å². The standard InChI is InChI=1S/C17H26FNO/c1-13(2)17(10-5-4-6-11-19-17)12-14-8-7-9-15(20-3)16(14)18/h7-9,13,19H,4-6,10-12H2,1-3H3. The van der Waals surface area contributed by atoms with Gasteiger partial charge >= 0.3 is 0 Å². The minimum atomic E-state index is -0.207. The quantitative estimate of drug-likeness (QED) is 0.901. The van der Waals surface area contributed by atoms with Crippen molar-refractivity contribution in [1.29, 1.82) is 0 Å². The second-order valence-electron chi connectivity index (χ2n) is 6.16. The fourth-order valence-corrected chi connectivity index (χ4v) is 3.21. The van der Waals surface area contributed by atoms with Crippen molar-refractivity contribution in [1.82, 2.24) is 5.32 Å². The molecule has 0 aliphatic carbocycles. The lowest BCUT2D eigenvalue weighted by molar-refractivity contribution is 0.223. The van der Waals surface area contributed by atoms with E-state index in [9.17, 15) is 4.39 Å². The summed E-state index contributed by atoms with van der Waals surface area (Å²) in [5.74, 6) is 0.613. The first-order valence-electron chi connectivity index (χ1n) is 7.65. The van der Waals surface area contributed by atoms with E-state index in [1.54, 1.807) is 6.07 Å². The molecule has 1 aliphatic heterocycles. The molecule has 20 heavy (non-hydrogen) atoms. The highest BCUT2D eigenvalue weighted by molar-refractivity contribution is 5.32. The third kappa shape index (κ3) is 3.14. The Hall–Kier alpha value is -1.09. The monoisotopic (exact) mass is 279 g/mol. The molecule has 1 aliphatic rings. The molecular formula is C17H26FNO. The van der Waals surface area contributed by atoms with Gasteiger partial charge in [0.2, 0.25) is 0 Å².